The van der Waals surface area contributed by atoms with Crippen molar-refractivity contribution in [3.63, 3.8) is 0 Å². The number of anilines is 3. The number of sulfonamides is 1. The summed E-state index contributed by atoms with van der Waals surface area (Å²) in [5, 5.41) is 13.2. The van der Waals surface area contributed by atoms with E-state index >= 15 is 0 Å². The number of nitrogens with zero attached hydrogens (tertiary/aromatic N) is 4. The third-order valence-corrected chi connectivity index (χ3v) is 5.62. The Hall–Kier alpha value is -3.05. The van der Waals surface area contributed by atoms with E-state index in [0.717, 1.165) is 31.9 Å². The summed E-state index contributed by atoms with van der Waals surface area (Å²) in [6, 6.07) is 4.84. The molecule has 3 aromatic heterocycles. The van der Waals surface area contributed by atoms with Gasteiger partial charge in [-0.15, -0.1) is 0 Å². The van der Waals surface area contributed by atoms with E-state index in [1.54, 1.807) is 29.0 Å². The molecular formula is C19H22N6O4S. The highest BCUT2D eigenvalue weighted by molar-refractivity contribution is 7.92. The third-order valence-electron chi connectivity index (χ3n) is 5.01. The van der Waals surface area contributed by atoms with E-state index in [4.69, 9.17) is 0 Å². The molecule has 0 bridgehead atoms. The molecule has 3 N–H and O–H groups in total. The molecule has 10 nitrogen and oxygen atoms in total. The van der Waals surface area contributed by atoms with Crippen molar-refractivity contribution < 1.29 is 13.5 Å². The van der Waals surface area contributed by atoms with Crippen LogP contribution in [0.2, 0.25) is 0 Å². The predicted octanol–water partition coefficient (Wildman–Crippen LogP) is 1.91. The summed E-state index contributed by atoms with van der Waals surface area (Å²) in [5.74, 6) is 0.692. The van der Waals surface area contributed by atoms with Gasteiger partial charge in [-0.25, -0.2) is 18.4 Å². The topological polar surface area (TPSA) is 139 Å². The predicted molar refractivity (Wildman–Crippen MR) is 113 cm³/mol. The Morgan fingerprint density at radius 3 is 2.60 bits per heavy atom. The molecule has 0 amide bonds. The second kappa shape index (κ2) is 8.00. The first-order valence-corrected chi connectivity index (χ1v) is 11.5. The molecule has 3 heterocycles. The van der Waals surface area contributed by atoms with Gasteiger partial charge in [-0.3, -0.25) is 14.1 Å². The average Bonchev–Trinajstić information content (AvgIpc) is 3.22. The van der Waals surface area contributed by atoms with Crippen LogP contribution in [0.15, 0.2) is 35.4 Å². The standard InChI is InChI=1S/C19H22N6O4S/c1-30(28,29)24-14-6-7-16(20-10-14)22-19-21-9-12-8-13(11-26)18(27)25(17(12)23-19)15-4-2-3-5-15/h6-10,15,24,26H,2-5,11H2,1H3,(H,20,21,22,23). The average molecular weight is 430 g/mol. The van der Waals surface area contributed by atoms with Gasteiger partial charge >= 0.3 is 0 Å². The largest absolute Gasteiger partial charge is 0.391 e. The minimum atomic E-state index is -3.38. The fourth-order valence-corrected chi connectivity index (χ4v) is 4.26. The smallest absolute Gasteiger partial charge is 0.258 e. The Morgan fingerprint density at radius 2 is 1.97 bits per heavy atom. The molecule has 0 saturated heterocycles. The molecule has 30 heavy (non-hydrogen) atoms. The first-order valence-electron chi connectivity index (χ1n) is 9.57. The fraction of sp³-hybridized carbons (Fsp3) is 0.368. The molecule has 0 aliphatic heterocycles. The van der Waals surface area contributed by atoms with Crippen LogP contribution in [0.25, 0.3) is 11.0 Å². The Balaban J connectivity index is 1.69. The summed E-state index contributed by atoms with van der Waals surface area (Å²) in [4.78, 5) is 25.9. The molecule has 1 aliphatic rings. The van der Waals surface area contributed by atoms with Crippen molar-refractivity contribution in [2.24, 2.45) is 0 Å². The zero-order valence-corrected chi connectivity index (χ0v) is 17.2. The van der Waals surface area contributed by atoms with Gasteiger partial charge in [0.2, 0.25) is 16.0 Å². The van der Waals surface area contributed by atoms with E-state index < -0.39 is 10.0 Å². The van der Waals surface area contributed by atoms with Crippen molar-refractivity contribution in [1.82, 2.24) is 19.5 Å². The lowest BCUT2D eigenvalue weighted by molar-refractivity contribution is 0.279. The van der Waals surface area contributed by atoms with Crippen molar-refractivity contribution in [2.75, 3.05) is 16.3 Å². The molecule has 1 aliphatic carbocycles. The minimum Gasteiger partial charge on any atom is -0.391 e. The highest BCUT2D eigenvalue weighted by atomic mass is 32.2. The van der Waals surface area contributed by atoms with Gasteiger partial charge in [0.15, 0.2) is 0 Å². The molecular weight excluding hydrogens is 408 g/mol. The number of pyridine rings is 2. The molecule has 0 spiro atoms. The molecule has 11 heteroatoms. The molecule has 158 valence electrons. The molecule has 3 aromatic rings. The summed E-state index contributed by atoms with van der Waals surface area (Å²) in [7, 11) is -3.38. The van der Waals surface area contributed by atoms with E-state index in [0.29, 0.717) is 28.1 Å². The maximum Gasteiger partial charge on any atom is 0.258 e. The van der Waals surface area contributed by atoms with Crippen LogP contribution in [-0.4, -0.2) is 39.3 Å². The van der Waals surface area contributed by atoms with Crippen LogP contribution in [0.1, 0.15) is 37.3 Å². The number of aliphatic hydroxyl groups excluding tert-OH is 1. The van der Waals surface area contributed by atoms with Gasteiger partial charge in [-0.1, -0.05) is 12.8 Å². The van der Waals surface area contributed by atoms with Crippen LogP contribution in [0.5, 0.6) is 0 Å². The molecule has 4 rings (SSSR count). The lowest BCUT2D eigenvalue weighted by atomic mass is 10.2. The zero-order chi connectivity index (χ0) is 21.3. The summed E-state index contributed by atoms with van der Waals surface area (Å²) in [6.45, 7) is -0.334. The summed E-state index contributed by atoms with van der Waals surface area (Å²) in [5.41, 5.74) is 0.955. The number of aliphatic hydroxyl groups is 1. The van der Waals surface area contributed by atoms with E-state index in [9.17, 15) is 18.3 Å². The second-order valence-electron chi connectivity index (χ2n) is 7.35. The number of aromatic nitrogens is 4. The normalized spacial score (nSPS) is 14.9. The van der Waals surface area contributed by atoms with Crippen molar-refractivity contribution in [3.05, 3.63) is 46.5 Å². The summed E-state index contributed by atoms with van der Waals surface area (Å²) < 4.78 is 26.6. The van der Waals surface area contributed by atoms with Gasteiger partial charge in [-0.2, -0.15) is 4.98 Å². The number of fused-ring (bicyclic) bond motifs is 1. The van der Waals surface area contributed by atoms with E-state index in [2.05, 4.69) is 25.0 Å². The highest BCUT2D eigenvalue weighted by Gasteiger charge is 2.22. The molecule has 1 saturated carbocycles. The lowest BCUT2D eigenvalue weighted by Gasteiger charge is -2.17. The SMILES string of the molecule is CS(=O)(=O)Nc1ccc(Nc2ncc3cc(CO)c(=O)n(C4CCCC4)c3n2)nc1. The van der Waals surface area contributed by atoms with Crippen molar-refractivity contribution in [2.45, 2.75) is 38.3 Å². The second-order valence-corrected chi connectivity index (χ2v) is 9.09. The molecule has 0 aromatic carbocycles. The molecule has 0 radical (unpaired) electrons. The number of hydrogen-bond donors (Lipinski definition) is 3. The monoisotopic (exact) mass is 430 g/mol. The number of rotatable bonds is 6. The van der Waals surface area contributed by atoms with Gasteiger partial charge in [0, 0.05) is 23.2 Å². The maximum absolute atomic E-state index is 12.9. The Labute approximate surface area is 173 Å². The van der Waals surface area contributed by atoms with Gasteiger partial charge < -0.3 is 10.4 Å². The summed E-state index contributed by atoms with van der Waals surface area (Å²) >= 11 is 0. The minimum absolute atomic E-state index is 0.0497. The van der Waals surface area contributed by atoms with Crippen LogP contribution in [-0.2, 0) is 16.6 Å². The van der Waals surface area contributed by atoms with Crippen LogP contribution >= 0.6 is 0 Å². The Bertz CT molecular complexity index is 1230. The van der Waals surface area contributed by atoms with Crippen molar-refractivity contribution in [1.29, 1.82) is 0 Å². The van der Waals surface area contributed by atoms with E-state index in [1.165, 1.54) is 6.20 Å². The van der Waals surface area contributed by atoms with Gasteiger partial charge in [0.1, 0.15) is 11.5 Å². The molecule has 1 fully saturated rings. The lowest BCUT2D eigenvalue weighted by Crippen LogP contribution is -2.27. The molecule has 0 atom stereocenters. The van der Waals surface area contributed by atoms with Crippen molar-refractivity contribution in [3.8, 4) is 0 Å². The first-order chi connectivity index (χ1) is 14.3. The first kappa shape index (κ1) is 20.2. The van der Waals surface area contributed by atoms with E-state index in [-0.39, 0.29) is 24.2 Å². The zero-order valence-electron chi connectivity index (χ0n) is 16.4. The van der Waals surface area contributed by atoms with Crippen molar-refractivity contribution >= 4 is 38.5 Å². The van der Waals surface area contributed by atoms with E-state index in [1.807, 2.05) is 0 Å². The third kappa shape index (κ3) is 4.26. The Morgan fingerprint density at radius 1 is 1.20 bits per heavy atom. The van der Waals surface area contributed by atoms with Crippen LogP contribution in [0.3, 0.4) is 0 Å². The van der Waals surface area contributed by atoms with Crippen LogP contribution in [0.4, 0.5) is 17.5 Å². The number of hydrogen-bond acceptors (Lipinski definition) is 8. The van der Waals surface area contributed by atoms with Gasteiger partial charge in [0.25, 0.3) is 5.56 Å². The fourth-order valence-electron chi connectivity index (χ4n) is 3.71. The quantitative estimate of drug-likeness (QED) is 0.539. The van der Waals surface area contributed by atoms with Crippen LogP contribution < -0.4 is 15.6 Å². The maximum atomic E-state index is 12.9. The van der Waals surface area contributed by atoms with Crippen LogP contribution in [0, 0.1) is 0 Å². The highest BCUT2D eigenvalue weighted by Crippen LogP contribution is 2.30. The van der Waals surface area contributed by atoms with Gasteiger partial charge in [0.05, 0.1) is 24.7 Å². The summed E-state index contributed by atoms with van der Waals surface area (Å²) in [6.07, 6.45) is 7.95. The Kier molecular flexibility index (Phi) is 5.39. The molecule has 0 unspecified atom stereocenters. The van der Waals surface area contributed by atoms with Gasteiger partial charge in [-0.05, 0) is 31.0 Å². The number of nitrogens with one attached hydrogen (secondary N) is 2.